The number of rotatable bonds is 2. The van der Waals surface area contributed by atoms with Gasteiger partial charge in [0.2, 0.25) is 0 Å². The fourth-order valence-electron chi connectivity index (χ4n) is 1.92. The molecule has 1 atom stereocenters. The molecule has 1 unspecified atom stereocenters. The largest absolute Gasteiger partial charge is 0.504 e. The fraction of sp³-hybridized carbons (Fsp3) is 0.455. The van der Waals surface area contributed by atoms with E-state index in [2.05, 4.69) is 5.32 Å². The number of fused-ring (bicyclic) bond motifs is 1. The van der Waals surface area contributed by atoms with Crippen LogP contribution in [0.4, 0.5) is 0 Å². The van der Waals surface area contributed by atoms with Crippen LogP contribution in [0.2, 0.25) is 0 Å². The average molecular weight is 209 g/mol. The standard InChI is InChI=1S/C11H15NO3/c1-15-10-3-2-7-4-8(6-13)12-5-9(7)11(10)14/h2-3,8,12-14H,4-6H2,1H3. The predicted octanol–water partition coefficient (Wildman–Crippen LogP) is 0.407. The van der Waals surface area contributed by atoms with Crippen molar-refractivity contribution in [1.82, 2.24) is 5.32 Å². The molecule has 82 valence electrons. The Morgan fingerprint density at radius 2 is 2.33 bits per heavy atom. The highest BCUT2D eigenvalue weighted by molar-refractivity contribution is 5.50. The van der Waals surface area contributed by atoms with Gasteiger partial charge in [0.1, 0.15) is 0 Å². The van der Waals surface area contributed by atoms with Gasteiger partial charge in [-0.1, -0.05) is 6.07 Å². The molecule has 4 nitrogen and oxygen atoms in total. The van der Waals surface area contributed by atoms with Crippen molar-refractivity contribution < 1.29 is 14.9 Å². The van der Waals surface area contributed by atoms with E-state index in [4.69, 9.17) is 9.84 Å². The van der Waals surface area contributed by atoms with Crippen molar-refractivity contribution in [2.45, 2.75) is 19.0 Å². The first-order chi connectivity index (χ1) is 7.26. The number of phenolic OH excluding ortho intramolecular Hbond substituents is 1. The van der Waals surface area contributed by atoms with Gasteiger partial charge in [0.05, 0.1) is 13.7 Å². The third kappa shape index (κ3) is 1.78. The maximum atomic E-state index is 9.87. The summed E-state index contributed by atoms with van der Waals surface area (Å²) < 4.78 is 5.04. The van der Waals surface area contributed by atoms with Crippen LogP contribution in [-0.4, -0.2) is 30.0 Å². The molecule has 0 spiro atoms. The van der Waals surface area contributed by atoms with Gasteiger partial charge in [0, 0.05) is 18.2 Å². The lowest BCUT2D eigenvalue weighted by Gasteiger charge is -2.25. The Morgan fingerprint density at radius 1 is 1.53 bits per heavy atom. The number of aliphatic hydroxyl groups is 1. The van der Waals surface area contributed by atoms with Gasteiger partial charge in [0.15, 0.2) is 11.5 Å². The summed E-state index contributed by atoms with van der Waals surface area (Å²) in [6, 6.07) is 3.79. The molecule has 0 aliphatic carbocycles. The van der Waals surface area contributed by atoms with E-state index in [1.165, 1.54) is 7.11 Å². The maximum Gasteiger partial charge on any atom is 0.162 e. The van der Waals surface area contributed by atoms with E-state index in [0.717, 1.165) is 17.5 Å². The number of aliphatic hydroxyl groups excluding tert-OH is 1. The van der Waals surface area contributed by atoms with Crippen molar-refractivity contribution in [3.05, 3.63) is 23.3 Å². The Labute approximate surface area is 88.5 Å². The molecule has 1 aliphatic heterocycles. The highest BCUT2D eigenvalue weighted by Crippen LogP contribution is 2.34. The number of methoxy groups -OCH3 is 1. The van der Waals surface area contributed by atoms with E-state index < -0.39 is 0 Å². The van der Waals surface area contributed by atoms with Crippen LogP contribution >= 0.6 is 0 Å². The zero-order valence-corrected chi connectivity index (χ0v) is 8.66. The van der Waals surface area contributed by atoms with E-state index in [-0.39, 0.29) is 18.4 Å². The van der Waals surface area contributed by atoms with Crippen molar-refractivity contribution in [2.24, 2.45) is 0 Å². The second-order valence-corrected chi connectivity index (χ2v) is 3.72. The fourth-order valence-corrected chi connectivity index (χ4v) is 1.92. The van der Waals surface area contributed by atoms with Crippen LogP contribution in [-0.2, 0) is 13.0 Å². The Hall–Kier alpha value is -1.26. The molecular weight excluding hydrogens is 194 g/mol. The molecule has 0 radical (unpaired) electrons. The number of aromatic hydroxyl groups is 1. The van der Waals surface area contributed by atoms with Gasteiger partial charge in [-0.15, -0.1) is 0 Å². The monoisotopic (exact) mass is 209 g/mol. The summed E-state index contributed by atoms with van der Waals surface area (Å²) in [5.74, 6) is 0.705. The number of benzene rings is 1. The average Bonchev–Trinajstić information content (AvgIpc) is 2.29. The zero-order valence-electron chi connectivity index (χ0n) is 8.66. The zero-order chi connectivity index (χ0) is 10.8. The molecule has 1 aromatic carbocycles. The second kappa shape index (κ2) is 4.08. The molecule has 4 heteroatoms. The molecule has 0 fully saturated rings. The Bertz CT molecular complexity index is 365. The summed E-state index contributed by atoms with van der Waals surface area (Å²) in [6.07, 6.45) is 0.739. The quantitative estimate of drug-likeness (QED) is 0.660. The molecule has 0 aromatic heterocycles. The molecule has 2 rings (SSSR count). The molecular formula is C11H15NO3. The van der Waals surface area contributed by atoms with Crippen LogP contribution in [0.15, 0.2) is 12.1 Å². The number of hydrogen-bond donors (Lipinski definition) is 3. The Morgan fingerprint density at radius 3 is 3.00 bits per heavy atom. The van der Waals surface area contributed by atoms with Gasteiger partial charge < -0.3 is 20.3 Å². The third-order valence-corrected chi connectivity index (χ3v) is 2.82. The van der Waals surface area contributed by atoms with E-state index >= 15 is 0 Å². The minimum atomic E-state index is 0.0882. The first-order valence-electron chi connectivity index (χ1n) is 4.98. The van der Waals surface area contributed by atoms with E-state index in [0.29, 0.717) is 12.3 Å². The summed E-state index contributed by atoms with van der Waals surface area (Å²) in [5, 5.41) is 22.1. The highest BCUT2D eigenvalue weighted by atomic mass is 16.5. The van der Waals surface area contributed by atoms with Crippen molar-refractivity contribution in [1.29, 1.82) is 0 Å². The van der Waals surface area contributed by atoms with Gasteiger partial charge >= 0.3 is 0 Å². The van der Waals surface area contributed by atoms with Crippen LogP contribution in [0.5, 0.6) is 11.5 Å². The Balaban J connectivity index is 2.35. The van der Waals surface area contributed by atoms with Gasteiger partial charge in [-0.25, -0.2) is 0 Å². The maximum absolute atomic E-state index is 9.87. The van der Waals surface area contributed by atoms with Crippen LogP contribution < -0.4 is 10.1 Å². The number of ether oxygens (including phenoxy) is 1. The number of hydrogen-bond acceptors (Lipinski definition) is 4. The van der Waals surface area contributed by atoms with Gasteiger partial charge in [-0.3, -0.25) is 0 Å². The van der Waals surface area contributed by atoms with Crippen LogP contribution in [0, 0.1) is 0 Å². The van der Waals surface area contributed by atoms with Crippen LogP contribution in [0.3, 0.4) is 0 Å². The normalized spacial score (nSPS) is 19.7. The van der Waals surface area contributed by atoms with Crippen molar-refractivity contribution in [2.75, 3.05) is 13.7 Å². The molecule has 0 saturated carbocycles. The second-order valence-electron chi connectivity index (χ2n) is 3.72. The van der Waals surface area contributed by atoms with Crippen molar-refractivity contribution >= 4 is 0 Å². The Kier molecular flexibility index (Phi) is 2.79. The van der Waals surface area contributed by atoms with Crippen LogP contribution in [0.25, 0.3) is 0 Å². The molecule has 1 aromatic rings. The summed E-state index contributed by atoms with van der Waals surface area (Å²) in [7, 11) is 1.54. The molecule has 0 saturated heterocycles. The summed E-state index contributed by atoms with van der Waals surface area (Å²) in [4.78, 5) is 0. The minimum absolute atomic E-state index is 0.0882. The lowest BCUT2D eigenvalue weighted by Crippen LogP contribution is -2.38. The molecule has 0 bridgehead atoms. The smallest absolute Gasteiger partial charge is 0.162 e. The molecule has 1 aliphatic rings. The molecule has 0 amide bonds. The SMILES string of the molecule is COc1ccc2c(c1O)CNC(CO)C2. The van der Waals surface area contributed by atoms with E-state index in [1.807, 2.05) is 6.07 Å². The highest BCUT2D eigenvalue weighted by Gasteiger charge is 2.21. The predicted molar refractivity (Wildman–Crippen MR) is 56.1 cm³/mol. The lowest BCUT2D eigenvalue weighted by molar-refractivity contribution is 0.234. The molecule has 3 N–H and O–H groups in total. The molecule has 1 heterocycles. The number of nitrogens with one attached hydrogen (secondary N) is 1. The number of phenols is 1. The summed E-state index contributed by atoms with van der Waals surface area (Å²) in [5.41, 5.74) is 1.95. The van der Waals surface area contributed by atoms with Gasteiger partial charge in [0.25, 0.3) is 0 Å². The summed E-state index contributed by atoms with van der Waals surface area (Å²) >= 11 is 0. The third-order valence-electron chi connectivity index (χ3n) is 2.82. The van der Waals surface area contributed by atoms with E-state index in [1.54, 1.807) is 6.07 Å². The van der Waals surface area contributed by atoms with Crippen LogP contribution in [0.1, 0.15) is 11.1 Å². The van der Waals surface area contributed by atoms with Gasteiger partial charge in [-0.2, -0.15) is 0 Å². The summed E-state index contributed by atoms with van der Waals surface area (Å²) in [6.45, 7) is 0.690. The minimum Gasteiger partial charge on any atom is -0.504 e. The lowest BCUT2D eigenvalue weighted by atomic mass is 9.95. The first-order valence-corrected chi connectivity index (χ1v) is 4.98. The van der Waals surface area contributed by atoms with Crippen molar-refractivity contribution in [3.8, 4) is 11.5 Å². The van der Waals surface area contributed by atoms with Gasteiger partial charge in [-0.05, 0) is 18.1 Å². The first kappa shape index (κ1) is 10.3. The van der Waals surface area contributed by atoms with Crippen molar-refractivity contribution in [3.63, 3.8) is 0 Å². The molecule has 15 heavy (non-hydrogen) atoms. The topological polar surface area (TPSA) is 61.7 Å². The van der Waals surface area contributed by atoms with E-state index in [9.17, 15) is 5.11 Å².